The first kappa shape index (κ1) is 14.4. The molecule has 3 rings (SSSR count). The summed E-state index contributed by atoms with van der Waals surface area (Å²) in [5.74, 6) is 0.694. The standard InChI is InChI=1S/C18H25N3/c1-14(2)9-18-17-13-21(10-15-7-5-4-6-8-15)12-16(17)11-20(3)19-18/h4-8,12-14,18-19H,9-11H2,1-3H3. The highest BCUT2D eigenvalue weighted by Crippen LogP contribution is 2.30. The zero-order valence-electron chi connectivity index (χ0n) is 13.2. The van der Waals surface area contributed by atoms with Gasteiger partial charge in [-0.25, -0.2) is 10.4 Å². The smallest absolute Gasteiger partial charge is 0.0485 e. The summed E-state index contributed by atoms with van der Waals surface area (Å²) in [5, 5.41) is 2.21. The number of fused-ring (bicyclic) bond motifs is 1. The molecule has 0 amide bonds. The largest absolute Gasteiger partial charge is 0.349 e. The van der Waals surface area contributed by atoms with Crippen LogP contribution in [0, 0.1) is 5.92 Å². The van der Waals surface area contributed by atoms with Crippen LogP contribution in [-0.2, 0) is 13.1 Å². The lowest BCUT2D eigenvalue weighted by atomic mass is 9.95. The predicted octanol–water partition coefficient (Wildman–Crippen LogP) is 3.57. The summed E-state index contributed by atoms with van der Waals surface area (Å²) in [5.41, 5.74) is 7.88. The maximum absolute atomic E-state index is 3.60. The number of nitrogens with one attached hydrogen (secondary N) is 1. The van der Waals surface area contributed by atoms with E-state index in [9.17, 15) is 0 Å². The van der Waals surface area contributed by atoms with Crippen LogP contribution in [0.5, 0.6) is 0 Å². The van der Waals surface area contributed by atoms with E-state index in [1.54, 1.807) is 0 Å². The molecule has 2 aromatic rings. The summed E-state index contributed by atoms with van der Waals surface area (Å²) in [6.45, 7) is 6.51. The fourth-order valence-electron chi connectivity index (χ4n) is 3.19. The molecule has 0 aliphatic carbocycles. The van der Waals surface area contributed by atoms with Gasteiger partial charge in [0.05, 0.1) is 0 Å². The Morgan fingerprint density at radius 3 is 2.67 bits per heavy atom. The van der Waals surface area contributed by atoms with Crippen molar-refractivity contribution >= 4 is 0 Å². The van der Waals surface area contributed by atoms with E-state index < -0.39 is 0 Å². The molecule has 1 aromatic heterocycles. The Balaban J connectivity index is 1.83. The van der Waals surface area contributed by atoms with Gasteiger partial charge in [-0.2, -0.15) is 0 Å². The van der Waals surface area contributed by atoms with Crippen molar-refractivity contribution in [2.75, 3.05) is 7.05 Å². The normalized spacial score (nSPS) is 19.0. The van der Waals surface area contributed by atoms with Gasteiger partial charge in [0.15, 0.2) is 0 Å². The van der Waals surface area contributed by atoms with E-state index in [0.29, 0.717) is 12.0 Å². The minimum atomic E-state index is 0.441. The molecule has 3 nitrogen and oxygen atoms in total. The number of benzene rings is 1. The molecule has 3 heteroatoms. The van der Waals surface area contributed by atoms with Crippen LogP contribution in [0.4, 0.5) is 0 Å². The Morgan fingerprint density at radius 1 is 1.19 bits per heavy atom. The summed E-state index contributed by atoms with van der Waals surface area (Å²) >= 11 is 0. The molecule has 112 valence electrons. The molecule has 0 fully saturated rings. The first-order chi connectivity index (χ1) is 10.1. The van der Waals surface area contributed by atoms with Gasteiger partial charge in [0.1, 0.15) is 0 Å². The lowest BCUT2D eigenvalue weighted by Gasteiger charge is -2.32. The van der Waals surface area contributed by atoms with Gasteiger partial charge in [0.2, 0.25) is 0 Å². The van der Waals surface area contributed by atoms with Crippen LogP contribution in [-0.4, -0.2) is 16.6 Å². The molecule has 0 spiro atoms. The minimum Gasteiger partial charge on any atom is -0.349 e. The van der Waals surface area contributed by atoms with Gasteiger partial charge in [0.25, 0.3) is 0 Å². The van der Waals surface area contributed by atoms with Crippen molar-refractivity contribution in [2.24, 2.45) is 5.92 Å². The number of aromatic nitrogens is 1. The average molecular weight is 283 g/mol. The highest BCUT2D eigenvalue weighted by Gasteiger charge is 2.25. The lowest BCUT2D eigenvalue weighted by molar-refractivity contribution is 0.158. The molecular weight excluding hydrogens is 258 g/mol. The Labute approximate surface area is 127 Å². The van der Waals surface area contributed by atoms with Gasteiger partial charge in [-0.1, -0.05) is 44.2 Å². The van der Waals surface area contributed by atoms with Crippen LogP contribution >= 0.6 is 0 Å². The second-order valence-corrected chi connectivity index (χ2v) is 6.56. The summed E-state index contributed by atoms with van der Waals surface area (Å²) in [6.07, 6.45) is 5.81. The summed E-state index contributed by atoms with van der Waals surface area (Å²) in [7, 11) is 2.13. The van der Waals surface area contributed by atoms with E-state index in [1.807, 2.05) is 0 Å². The average Bonchev–Trinajstić information content (AvgIpc) is 2.81. The Kier molecular flexibility index (Phi) is 4.13. The van der Waals surface area contributed by atoms with E-state index in [1.165, 1.54) is 23.1 Å². The number of hydrogen-bond donors (Lipinski definition) is 1. The van der Waals surface area contributed by atoms with Gasteiger partial charge in [0, 0.05) is 38.6 Å². The van der Waals surface area contributed by atoms with Crippen LogP contribution in [0.3, 0.4) is 0 Å². The van der Waals surface area contributed by atoms with Gasteiger partial charge >= 0.3 is 0 Å². The van der Waals surface area contributed by atoms with Crippen molar-refractivity contribution in [1.29, 1.82) is 0 Å². The van der Waals surface area contributed by atoms with Gasteiger partial charge < -0.3 is 4.57 Å². The molecule has 1 unspecified atom stereocenters. The quantitative estimate of drug-likeness (QED) is 0.925. The molecular formula is C18H25N3. The topological polar surface area (TPSA) is 20.2 Å². The van der Waals surface area contributed by atoms with Crippen molar-refractivity contribution in [2.45, 2.75) is 39.4 Å². The Morgan fingerprint density at radius 2 is 1.95 bits per heavy atom. The minimum absolute atomic E-state index is 0.441. The fraction of sp³-hybridized carbons (Fsp3) is 0.444. The number of rotatable bonds is 4. The van der Waals surface area contributed by atoms with Crippen LogP contribution in [0.1, 0.15) is 43.0 Å². The SMILES string of the molecule is CC(C)CC1NN(C)Cc2cn(Cc3ccccc3)cc21. The van der Waals surface area contributed by atoms with E-state index in [0.717, 1.165) is 13.1 Å². The molecule has 1 N–H and O–H groups in total. The Bertz CT molecular complexity index is 586. The van der Waals surface area contributed by atoms with Crippen LogP contribution in [0.25, 0.3) is 0 Å². The molecule has 0 bridgehead atoms. The number of nitrogens with zero attached hydrogens (tertiary/aromatic N) is 2. The predicted molar refractivity (Wildman–Crippen MR) is 86.8 cm³/mol. The second kappa shape index (κ2) is 6.04. The summed E-state index contributed by atoms with van der Waals surface area (Å²) in [4.78, 5) is 0. The monoisotopic (exact) mass is 283 g/mol. The number of hydrazine groups is 1. The third-order valence-corrected chi connectivity index (χ3v) is 4.07. The van der Waals surface area contributed by atoms with Crippen molar-refractivity contribution in [3.05, 3.63) is 59.4 Å². The second-order valence-electron chi connectivity index (χ2n) is 6.56. The third kappa shape index (κ3) is 3.36. The highest BCUT2D eigenvalue weighted by atomic mass is 15.5. The maximum Gasteiger partial charge on any atom is 0.0485 e. The van der Waals surface area contributed by atoms with E-state index >= 15 is 0 Å². The first-order valence-electron chi connectivity index (χ1n) is 7.81. The molecule has 2 heterocycles. The lowest BCUT2D eigenvalue weighted by Crippen LogP contribution is -2.41. The third-order valence-electron chi connectivity index (χ3n) is 4.07. The van der Waals surface area contributed by atoms with Gasteiger partial charge in [-0.3, -0.25) is 0 Å². The molecule has 1 atom stereocenters. The molecule has 0 radical (unpaired) electrons. The molecule has 1 aliphatic rings. The molecule has 1 aliphatic heterocycles. The zero-order valence-corrected chi connectivity index (χ0v) is 13.2. The summed E-state index contributed by atoms with van der Waals surface area (Å²) < 4.78 is 2.33. The highest BCUT2D eigenvalue weighted by molar-refractivity contribution is 5.30. The van der Waals surface area contributed by atoms with Gasteiger partial charge in [-0.15, -0.1) is 0 Å². The first-order valence-corrected chi connectivity index (χ1v) is 7.81. The van der Waals surface area contributed by atoms with Crippen molar-refractivity contribution < 1.29 is 0 Å². The van der Waals surface area contributed by atoms with E-state index in [2.05, 4.69) is 78.6 Å². The van der Waals surface area contributed by atoms with Crippen molar-refractivity contribution in [3.8, 4) is 0 Å². The Hall–Kier alpha value is -1.58. The molecule has 0 saturated heterocycles. The molecule has 21 heavy (non-hydrogen) atoms. The van der Waals surface area contributed by atoms with Crippen molar-refractivity contribution in [1.82, 2.24) is 15.0 Å². The molecule has 0 saturated carbocycles. The van der Waals surface area contributed by atoms with Crippen LogP contribution < -0.4 is 5.43 Å². The van der Waals surface area contributed by atoms with E-state index in [-0.39, 0.29) is 0 Å². The van der Waals surface area contributed by atoms with Crippen LogP contribution in [0.2, 0.25) is 0 Å². The number of hydrogen-bond acceptors (Lipinski definition) is 2. The van der Waals surface area contributed by atoms with Crippen LogP contribution in [0.15, 0.2) is 42.7 Å². The molecule has 1 aromatic carbocycles. The maximum atomic E-state index is 3.60. The van der Waals surface area contributed by atoms with E-state index in [4.69, 9.17) is 0 Å². The zero-order chi connectivity index (χ0) is 14.8. The fourth-order valence-corrected chi connectivity index (χ4v) is 3.19. The van der Waals surface area contributed by atoms with Crippen molar-refractivity contribution in [3.63, 3.8) is 0 Å². The van der Waals surface area contributed by atoms with Gasteiger partial charge in [-0.05, 0) is 29.0 Å². The summed E-state index contributed by atoms with van der Waals surface area (Å²) in [6, 6.07) is 11.1.